The number of ether oxygens (including phenoxy) is 1. The number of hydrogen-bond donors (Lipinski definition) is 0. The molecule has 1 aromatic carbocycles. The van der Waals surface area contributed by atoms with Crippen LogP contribution in [-0.2, 0) is 16.0 Å². The molecule has 3 aromatic rings. The first-order chi connectivity index (χ1) is 15.5. The average molecular weight is 437 g/mol. The van der Waals surface area contributed by atoms with E-state index in [-0.39, 0.29) is 17.7 Å². The molecule has 12 nitrogen and oxygen atoms in total. The van der Waals surface area contributed by atoms with Gasteiger partial charge in [0.05, 0.1) is 17.1 Å². The largest absolute Gasteiger partial charge is 0.464 e. The molecule has 0 radical (unpaired) electrons. The number of nitrogens with zero attached hydrogens (tertiary/aromatic N) is 5. The molecule has 0 N–H and O–H groups in total. The maximum Gasteiger partial charge on any atom is 0.326 e. The summed E-state index contributed by atoms with van der Waals surface area (Å²) in [7, 11) is 0. The molecule has 32 heavy (non-hydrogen) atoms. The summed E-state index contributed by atoms with van der Waals surface area (Å²) in [6.07, 6.45) is 3.94. The number of nitro groups is 1. The fourth-order valence-electron chi connectivity index (χ4n) is 3.16. The van der Waals surface area contributed by atoms with Crippen LogP contribution in [0, 0.1) is 10.1 Å². The van der Waals surface area contributed by atoms with E-state index < -0.39 is 34.9 Å². The molecule has 4 rings (SSSR count). The van der Waals surface area contributed by atoms with Gasteiger partial charge in [-0.05, 0) is 24.6 Å². The average Bonchev–Trinajstić information content (AvgIpc) is 3.36. The van der Waals surface area contributed by atoms with E-state index >= 15 is 0 Å². The minimum Gasteiger partial charge on any atom is -0.464 e. The first kappa shape index (κ1) is 20.8. The van der Waals surface area contributed by atoms with Crippen LogP contribution in [0.5, 0.6) is 0 Å². The monoisotopic (exact) mass is 437 g/mol. The summed E-state index contributed by atoms with van der Waals surface area (Å²) in [5, 5.41) is 15.0. The van der Waals surface area contributed by atoms with Gasteiger partial charge < -0.3 is 9.26 Å². The molecule has 0 fully saturated rings. The quantitative estimate of drug-likeness (QED) is 0.167. The summed E-state index contributed by atoms with van der Waals surface area (Å²) < 4.78 is 10.2. The van der Waals surface area contributed by atoms with Gasteiger partial charge in [0.25, 0.3) is 17.5 Å². The summed E-state index contributed by atoms with van der Waals surface area (Å²) in [4.78, 5) is 56.2. The Morgan fingerprint density at radius 3 is 2.78 bits per heavy atom. The van der Waals surface area contributed by atoms with Crippen LogP contribution in [-0.4, -0.2) is 55.9 Å². The second-order valence-corrected chi connectivity index (χ2v) is 6.73. The lowest BCUT2D eigenvalue weighted by atomic mass is 10.1. The van der Waals surface area contributed by atoms with E-state index in [0.29, 0.717) is 35.0 Å². The summed E-state index contributed by atoms with van der Waals surface area (Å²) in [6, 6.07) is 7.27. The van der Waals surface area contributed by atoms with Gasteiger partial charge in [-0.1, -0.05) is 11.2 Å². The minimum absolute atomic E-state index is 0.00719. The number of aromatic nitrogens is 3. The number of aryl methyl sites for hydroxylation is 1. The topological polar surface area (TPSA) is 159 Å². The van der Waals surface area contributed by atoms with Gasteiger partial charge >= 0.3 is 5.97 Å². The van der Waals surface area contributed by atoms with Crippen molar-refractivity contribution in [2.24, 2.45) is 0 Å². The van der Waals surface area contributed by atoms with Gasteiger partial charge in [0.15, 0.2) is 0 Å². The number of hydrogen-bond acceptors (Lipinski definition) is 10. The smallest absolute Gasteiger partial charge is 0.326 e. The first-order valence-electron chi connectivity index (χ1n) is 9.48. The second-order valence-electron chi connectivity index (χ2n) is 6.73. The van der Waals surface area contributed by atoms with E-state index in [1.54, 1.807) is 24.5 Å². The molecule has 12 heteroatoms. The van der Waals surface area contributed by atoms with Crippen molar-refractivity contribution in [2.75, 3.05) is 13.2 Å². The predicted molar refractivity (Wildman–Crippen MR) is 105 cm³/mol. The van der Waals surface area contributed by atoms with Crippen molar-refractivity contribution in [3.8, 4) is 11.4 Å². The normalized spacial score (nSPS) is 12.7. The van der Waals surface area contributed by atoms with Gasteiger partial charge in [0.2, 0.25) is 11.7 Å². The fraction of sp³-hybridized carbons (Fsp3) is 0.200. The first-order valence-corrected chi connectivity index (χ1v) is 9.48. The van der Waals surface area contributed by atoms with Gasteiger partial charge in [-0.2, -0.15) is 4.98 Å². The Morgan fingerprint density at radius 1 is 1.19 bits per heavy atom. The van der Waals surface area contributed by atoms with Gasteiger partial charge in [-0.25, -0.2) is 0 Å². The molecule has 0 saturated carbocycles. The third-order valence-corrected chi connectivity index (χ3v) is 4.65. The number of imide groups is 1. The van der Waals surface area contributed by atoms with Gasteiger partial charge in [0, 0.05) is 30.4 Å². The molecule has 0 aliphatic carbocycles. The van der Waals surface area contributed by atoms with E-state index in [0.717, 1.165) is 6.07 Å². The lowest BCUT2D eigenvalue weighted by Crippen LogP contribution is -2.35. The van der Waals surface area contributed by atoms with Gasteiger partial charge in [0.1, 0.15) is 12.1 Å². The van der Waals surface area contributed by atoms with Crippen LogP contribution in [0.25, 0.3) is 11.4 Å². The second kappa shape index (κ2) is 8.71. The van der Waals surface area contributed by atoms with Crippen LogP contribution in [0.3, 0.4) is 0 Å². The van der Waals surface area contributed by atoms with E-state index in [4.69, 9.17) is 9.26 Å². The third kappa shape index (κ3) is 4.05. The molecule has 0 saturated heterocycles. The van der Waals surface area contributed by atoms with Gasteiger partial charge in [-0.3, -0.25) is 34.4 Å². The van der Waals surface area contributed by atoms with Crippen LogP contribution >= 0.6 is 0 Å². The lowest BCUT2D eigenvalue weighted by molar-refractivity contribution is -0.385. The van der Waals surface area contributed by atoms with E-state index in [9.17, 15) is 24.5 Å². The number of amides is 2. The zero-order chi connectivity index (χ0) is 22.7. The highest BCUT2D eigenvalue weighted by Gasteiger charge is 2.41. The molecule has 0 unspecified atom stereocenters. The minimum atomic E-state index is -0.900. The van der Waals surface area contributed by atoms with Crippen molar-refractivity contribution in [1.82, 2.24) is 20.0 Å². The zero-order valence-electron chi connectivity index (χ0n) is 16.5. The highest BCUT2D eigenvalue weighted by molar-refractivity contribution is 6.24. The highest BCUT2D eigenvalue weighted by atomic mass is 16.6. The summed E-state index contributed by atoms with van der Waals surface area (Å²) in [5.41, 5.74) is -0.217. The number of fused-ring (bicyclic) bond motifs is 1. The summed E-state index contributed by atoms with van der Waals surface area (Å²) in [5.74, 6) is -1.75. The Bertz CT molecular complexity index is 1210. The molecule has 2 aromatic heterocycles. The zero-order valence-corrected chi connectivity index (χ0v) is 16.5. The Morgan fingerprint density at radius 2 is 2.03 bits per heavy atom. The third-order valence-electron chi connectivity index (χ3n) is 4.65. The Hall–Kier alpha value is -4.48. The molecule has 1 aliphatic rings. The van der Waals surface area contributed by atoms with Crippen LogP contribution in [0.2, 0.25) is 0 Å². The molecular formula is C20H15N5O7. The van der Waals surface area contributed by atoms with Crippen molar-refractivity contribution in [1.29, 1.82) is 0 Å². The maximum absolute atomic E-state index is 12.5. The van der Waals surface area contributed by atoms with Gasteiger partial charge in [-0.15, -0.1) is 0 Å². The Kier molecular flexibility index (Phi) is 5.66. The van der Waals surface area contributed by atoms with Crippen LogP contribution in [0.1, 0.15) is 33.0 Å². The van der Waals surface area contributed by atoms with E-state index in [1.165, 1.54) is 12.1 Å². The van der Waals surface area contributed by atoms with E-state index in [2.05, 4.69) is 15.1 Å². The SMILES string of the molecule is O=C(CN1C(=O)c2cccc([N+](=O)[O-])c2C1=O)OCCCc1nc(-c2cccnc2)no1. The predicted octanol–water partition coefficient (Wildman–Crippen LogP) is 1.81. The number of rotatable bonds is 8. The van der Waals surface area contributed by atoms with Crippen molar-refractivity contribution in [3.63, 3.8) is 0 Å². The number of carbonyl (C=O) groups excluding carboxylic acids is 3. The van der Waals surface area contributed by atoms with Crippen LogP contribution < -0.4 is 0 Å². The molecule has 2 amide bonds. The number of pyridine rings is 1. The Balaban J connectivity index is 1.28. The maximum atomic E-state index is 12.5. The molecule has 0 atom stereocenters. The number of benzene rings is 1. The van der Waals surface area contributed by atoms with Crippen molar-refractivity contribution >= 4 is 23.5 Å². The molecular weight excluding hydrogens is 422 g/mol. The lowest BCUT2D eigenvalue weighted by Gasteiger charge is -2.12. The van der Waals surface area contributed by atoms with E-state index in [1.807, 2.05) is 0 Å². The number of esters is 1. The molecule has 162 valence electrons. The molecule has 0 spiro atoms. The Labute approximate surface area is 180 Å². The molecule has 1 aliphatic heterocycles. The van der Waals surface area contributed by atoms with Crippen molar-refractivity contribution < 1.29 is 28.6 Å². The summed E-state index contributed by atoms with van der Waals surface area (Å²) >= 11 is 0. The van der Waals surface area contributed by atoms with Crippen LogP contribution in [0.4, 0.5) is 5.69 Å². The fourth-order valence-corrected chi connectivity index (χ4v) is 3.16. The summed E-state index contributed by atoms with van der Waals surface area (Å²) in [6.45, 7) is -0.651. The molecule has 0 bridgehead atoms. The highest BCUT2D eigenvalue weighted by Crippen LogP contribution is 2.30. The number of nitro benzene ring substituents is 1. The van der Waals surface area contributed by atoms with Crippen molar-refractivity contribution in [3.05, 3.63) is 69.9 Å². The van der Waals surface area contributed by atoms with Crippen LogP contribution in [0.15, 0.2) is 47.2 Å². The molecule has 3 heterocycles. The number of carbonyl (C=O) groups is 3. The standard InChI is InChI=1S/C20H15N5O7/c26-16(11-24-19(27)13-5-1-6-14(25(29)30)17(13)20(24)28)31-9-3-7-15-22-18(23-32-15)12-4-2-8-21-10-12/h1-2,4-6,8,10H,3,7,9,11H2. The van der Waals surface area contributed by atoms with Crippen molar-refractivity contribution in [2.45, 2.75) is 12.8 Å².